The molecular weight excluding hydrogens is 212 g/mol. The molecule has 0 aliphatic rings. The fraction of sp³-hybridized carbons (Fsp3) is 0. The van der Waals surface area contributed by atoms with Crippen LogP contribution in [0.4, 0.5) is 0 Å². The van der Waals surface area contributed by atoms with E-state index >= 15 is 0 Å². The lowest BCUT2D eigenvalue weighted by Gasteiger charge is -1.86. The molecule has 0 heterocycles. The van der Waals surface area contributed by atoms with Gasteiger partial charge in [0.25, 0.3) is 0 Å². The molecule has 0 amide bonds. The van der Waals surface area contributed by atoms with Gasteiger partial charge in [-0.15, -0.1) is 0 Å². The lowest BCUT2D eigenvalue weighted by molar-refractivity contribution is 0.471. The topological polar surface area (TPSA) is 37.3 Å². The highest BCUT2D eigenvalue weighted by atomic mass is 16.3. The van der Waals surface area contributed by atoms with E-state index in [1.165, 1.54) is 12.1 Å². The lowest BCUT2D eigenvalue weighted by atomic mass is 10.2. The Kier molecular flexibility index (Phi) is 3.23. The van der Waals surface area contributed by atoms with Crippen LogP contribution in [0.15, 0.2) is 59.4 Å². The van der Waals surface area contributed by atoms with Gasteiger partial charge in [0.1, 0.15) is 0 Å². The van der Waals surface area contributed by atoms with E-state index in [2.05, 4.69) is 11.8 Å². The van der Waals surface area contributed by atoms with Crippen molar-refractivity contribution < 1.29 is 5.11 Å². The molecule has 2 nitrogen and oxygen atoms in total. The van der Waals surface area contributed by atoms with Gasteiger partial charge < -0.3 is 5.11 Å². The van der Waals surface area contributed by atoms with E-state index in [1.54, 1.807) is 12.1 Å². The molecule has 0 saturated carbocycles. The molecule has 2 heteroatoms. The predicted octanol–water partition coefficient (Wildman–Crippen LogP) is 2.15. The molecule has 82 valence electrons. The maximum absolute atomic E-state index is 11.1. The van der Waals surface area contributed by atoms with Crippen molar-refractivity contribution in [2.45, 2.75) is 0 Å². The van der Waals surface area contributed by atoms with Crippen LogP contribution in [0.5, 0.6) is 5.75 Å². The molecule has 1 N–H and O–H groups in total. The molecule has 0 radical (unpaired) electrons. The Labute approximate surface area is 99.2 Å². The van der Waals surface area contributed by atoms with Gasteiger partial charge in [-0.05, 0) is 36.4 Å². The summed E-state index contributed by atoms with van der Waals surface area (Å²) >= 11 is 0. The Morgan fingerprint density at radius 3 is 2.06 bits per heavy atom. The van der Waals surface area contributed by atoms with Crippen molar-refractivity contribution in [2.75, 3.05) is 0 Å². The van der Waals surface area contributed by atoms with Crippen LogP contribution in [0, 0.1) is 11.8 Å². The first kappa shape index (κ1) is 11.0. The van der Waals surface area contributed by atoms with E-state index in [0.29, 0.717) is 5.56 Å². The first-order chi connectivity index (χ1) is 8.25. The van der Waals surface area contributed by atoms with Gasteiger partial charge in [0, 0.05) is 11.1 Å². The first-order valence-electron chi connectivity index (χ1n) is 5.16. The zero-order chi connectivity index (χ0) is 12.1. The van der Waals surface area contributed by atoms with Crippen LogP contribution in [0.1, 0.15) is 11.1 Å². The average molecular weight is 222 g/mol. The molecule has 0 aromatic heterocycles. The summed E-state index contributed by atoms with van der Waals surface area (Å²) in [5, 5.41) is 9.23. The molecule has 2 aromatic rings. The summed E-state index contributed by atoms with van der Waals surface area (Å²) in [7, 11) is 0. The number of aromatic hydroxyl groups is 1. The third-order valence-electron chi connectivity index (χ3n) is 2.21. The van der Waals surface area contributed by atoms with Crippen molar-refractivity contribution in [2.24, 2.45) is 0 Å². The summed E-state index contributed by atoms with van der Waals surface area (Å²) in [6, 6.07) is 15.5. The number of rotatable bonds is 0. The van der Waals surface area contributed by atoms with Crippen LogP contribution in [0.3, 0.4) is 0 Å². The summed E-state index contributed by atoms with van der Waals surface area (Å²) in [5.74, 6) is 5.65. The summed E-state index contributed by atoms with van der Waals surface area (Å²) < 4.78 is 0. The molecule has 0 unspecified atom stereocenters. The second kappa shape index (κ2) is 5.00. The summed E-state index contributed by atoms with van der Waals surface area (Å²) in [6.45, 7) is 0. The van der Waals surface area contributed by atoms with Crippen molar-refractivity contribution in [1.82, 2.24) is 0 Å². The van der Waals surface area contributed by atoms with E-state index in [0.717, 1.165) is 5.56 Å². The second-order valence-electron chi connectivity index (χ2n) is 3.49. The van der Waals surface area contributed by atoms with Crippen molar-refractivity contribution >= 4 is 0 Å². The minimum Gasteiger partial charge on any atom is -0.504 e. The lowest BCUT2D eigenvalue weighted by Crippen LogP contribution is -1.91. The zero-order valence-corrected chi connectivity index (χ0v) is 9.05. The predicted molar refractivity (Wildman–Crippen MR) is 66.8 cm³/mol. The smallest absolute Gasteiger partial charge is 0.220 e. The van der Waals surface area contributed by atoms with Gasteiger partial charge in [-0.3, -0.25) is 4.79 Å². The van der Waals surface area contributed by atoms with Gasteiger partial charge in [-0.2, -0.15) is 0 Å². The van der Waals surface area contributed by atoms with Gasteiger partial charge >= 0.3 is 0 Å². The highest BCUT2D eigenvalue weighted by molar-refractivity contribution is 5.42. The van der Waals surface area contributed by atoms with Crippen LogP contribution in [0.25, 0.3) is 0 Å². The van der Waals surface area contributed by atoms with E-state index in [4.69, 9.17) is 0 Å². The van der Waals surface area contributed by atoms with Gasteiger partial charge in [0.15, 0.2) is 5.75 Å². The quantitative estimate of drug-likeness (QED) is 0.693. The van der Waals surface area contributed by atoms with Crippen LogP contribution in [-0.4, -0.2) is 5.11 Å². The normalized spacial score (nSPS) is 9.18. The van der Waals surface area contributed by atoms with Crippen molar-refractivity contribution in [3.05, 3.63) is 75.9 Å². The number of hydrogen-bond donors (Lipinski definition) is 1. The SMILES string of the molecule is O=c1ccc(C#Cc2ccccc2)ccc1O. The molecule has 0 saturated heterocycles. The van der Waals surface area contributed by atoms with Gasteiger partial charge in [0.2, 0.25) is 5.43 Å². The van der Waals surface area contributed by atoms with E-state index in [1.807, 2.05) is 30.3 Å². The van der Waals surface area contributed by atoms with E-state index < -0.39 is 5.43 Å². The Hall–Kier alpha value is -2.53. The third-order valence-corrected chi connectivity index (χ3v) is 2.21. The van der Waals surface area contributed by atoms with Gasteiger partial charge in [-0.25, -0.2) is 0 Å². The summed E-state index contributed by atoms with van der Waals surface area (Å²) in [6.07, 6.45) is 0. The third kappa shape index (κ3) is 2.96. The Bertz CT molecular complexity index is 634. The maximum atomic E-state index is 11.1. The number of hydrogen-bond acceptors (Lipinski definition) is 2. The number of benzene rings is 1. The molecule has 0 fully saturated rings. The Morgan fingerprint density at radius 1 is 0.765 bits per heavy atom. The van der Waals surface area contributed by atoms with Gasteiger partial charge in [-0.1, -0.05) is 30.0 Å². The Morgan fingerprint density at radius 2 is 1.35 bits per heavy atom. The van der Waals surface area contributed by atoms with Crippen LogP contribution in [-0.2, 0) is 0 Å². The summed E-state index contributed by atoms with van der Waals surface area (Å²) in [4.78, 5) is 11.1. The van der Waals surface area contributed by atoms with Crippen LogP contribution >= 0.6 is 0 Å². The highest BCUT2D eigenvalue weighted by Crippen LogP contribution is 2.01. The molecule has 2 rings (SSSR count). The van der Waals surface area contributed by atoms with Crippen molar-refractivity contribution in [3.63, 3.8) is 0 Å². The molecule has 0 aliphatic heterocycles. The first-order valence-corrected chi connectivity index (χ1v) is 5.16. The molecule has 17 heavy (non-hydrogen) atoms. The molecule has 2 aromatic carbocycles. The maximum Gasteiger partial charge on any atom is 0.220 e. The van der Waals surface area contributed by atoms with Crippen LogP contribution in [0.2, 0.25) is 0 Å². The fourth-order valence-electron chi connectivity index (χ4n) is 1.31. The highest BCUT2D eigenvalue weighted by Gasteiger charge is 1.91. The zero-order valence-electron chi connectivity index (χ0n) is 9.05. The minimum absolute atomic E-state index is 0.266. The molecule has 0 atom stereocenters. The Balaban J connectivity index is 2.36. The minimum atomic E-state index is -0.405. The molecule has 0 aliphatic carbocycles. The molecule has 0 spiro atoms. The average Bonchev–Trinajstić information content (AvgIpc) is 2.52. The molecular formula is C15H10O2. The standard InChI is InChI=1S/C15H10O2/c16-14-10-8-13(9-11-15(14)17)7-6-12-4-2-1-3-5-12/h1-5,8-11H,(H,16,17). The van der Waals surface area contributed by atoms with E-state index in [9.17, 15) is 9.90 Å². The van der Waals surface area contributed by atoms with Crippen LogP contribution < -0.4 is 5.43 Å². The second-order valence-corrected chi connectivity index (χ2v) is 3.49. The monoisotopic (exact) mass is 222 g/mol. The van der Waals surface area contributed by atoms with Gasteiger partial charge in [0.05, 0.1) is 0 Å². The molecule has 0 bridgehead atoms. The summed E-state index contributed by atoms with van der Waals surface area (Å²) in [5.41, 5.74) is 1.19. The van der Waals surface area contributed by atoms with Crippen molar-refractivity contribution in [1.29, 1.82) is 0 Å². The van der Waals surface area contributed by atoms with Crippen molar-refractivity contribution in [3.8, 4) is 17.6 Å². The largest absolute Gasteiger partial charge is 0.504 e. The van der Waals surface area contributed by atoms with E-state index in [-0.39, 0.29) is 5.75 Å². The fourth-order valence-corrected chi connectivity index (χ4v) is 1.31.